The summed E-state index contributed by atoms with van der Waals surface area (Å²) in [6.45, 7) is 0. The molecule has 0 aliphatic carbocycles. The van der Waals surface area contributed by atoms with E-state index >= 15 is 0 Å². The first-order valence-electron chi connectivity index (χ1n) is 31.3. The fourth-order valence-corrected chi connectivity index (χ4v) is 14.5. The van der Waals surface area contributed by atoms with Gasteiger partial charge in [-0.2, -0.15) is 0 Å². The standard InChI is InChI=1S/C44H26N6.C38H21N5O/c1-3-13-27(14-4-1)43-45-25-35-29-17-7-8-18-30(29)36-26-46-44(48-42(36)41(35)47-43)50-38-22-12-10-20-32(38)34-23-33-31-19-9-11-21-37(31)49(39(33)24-40(34)50)28-15-5-2-6-16-28;1-2-10-22(11-3-1)37-39-20-29-23-12-4-5-13-24(23)30-21-40-38(42-36(30)35(29)41-37)43-31-16-8-6-14-25(31)27-18-28-26-15-7-9-17-33(26)44-34(28)19-32(27)43/h1-26H;1-21H. The van der Waals surface area contributed by atoms with Crippen LogP contribution in [0.25, 0.3) is 193 Å². The van der Waals surface area contributed by atoms with E-state index in [1.54, 1.807) is 0 Å². The van der Waals surface area contributed by atoms with Crippen LogP contribution in [-0.4, -0.2) is 53.6 Å². The van der Waals surface area contributed by atoms with E-state index in [-0.39, 0.29) is 0 Å². The van der Waals surface area contributed by atoms with Gasteiger partial charge in [-0.05, 0) is 76.1 Å². The van der Waals surface area contributed by atoms with Crippen molar-refractivity contribution < 1.29 is 4.42 Å². The molecule has 0 bridgehead atoms. The molecule has 0 amide bonds. The minimum atomic E-state index is 0.579. The van der Waals surface area contributed by atoms with E-state index in [9.17, 15) is 0 Å². The fraction of sp³-hybridized carbons (Fsp3) is 0. The lowest BCUT2D eigenvalue weighted by molar-refractivity contribution is 0.669. The Balaban J connectivity index is 0.000000130. The van der Waals surface area contributed by atoms with Crippen molar-refractivity contribution >= 4 is 153 Å². The molecule has 0 unspecified atom stereocenters. The third-order valence-electron chi connectivity index (χ3n) is 18.7. The molecule has 8 aromatic heterocycles. The number of benzene rings is 13. The third-order valence-corrected chi connectivity index (χ3v) is 18.7. The summed E-state index contributed by atoms with van der Waals surface area (Å²) in [7, 11) is 0. The van der Waals surface area contributed by atoms with Crippen LogP contribution >= 0.6 is 0 Å². The van der Waals surface area contributed by atoms with Crippen LogP contribution in [0.1, 0.15) is 0 Å². The molecule has 8 heterocycles. The molecule has 0 N–H and O–H groups in total. The first kappa shape index (κ1) is 51.8. The van der Waals surface area contributed by atoms with Gasteiger partial charge in [0.1, 0.15) is 33.2 Å². The van der Waals surface area contributed by atoms with Gasteiger partial charge in [-0.25, -0.2) is 39.9 Å². The highest BCUT2D eigenvalue weighted by atomic mass is 16.3. The first-order valence-corrected chi connectivity index (χ1v) is 31.3. The minimum Gasteiger partial charge on any atom is -0.456 e. The molecule has 21 aromatic rings. The maximum absolute atomic E-state index is 6.31. The van der Waals surface area contributed by atoms with Crippen LogP contribution < -0.4 is 0 Å². The van der Waals surface area contributed by atoms with Crippen LogP contribution in [0.5, 0.6) is 0 Å². The van der Waals surface area contributed by atoms with E-state index in [2.05, 4.69) is 190 Å². The third kappa shape index (κ3) is 7.74. The number of furan rings is 1. The van der Waals surface area contributed by atoms with Crippen molar-refractivity contribution in [2.75, 3.05) is 0 Å². The molecule has 94 heavy (non-hydrogen) atoms. The SMILES string of the molecule is c1ccc(-c2ncc3c4ccccc4c4cnc(-n5c6ccccc6c6cc7c(cc65)oc5ccccc57)nc4c3n2)cc1.c1ccc(-c2ncc3c4ccccc4c4cnc(-n5c6ccccc6c6cc7c8ccccc8n(-c8ccccc8)c7cc65)nc4c3n2)cc1. The summed E-state index contributed by atoms with van der Waals surface area (Å²) in [5.41, 5.74) is 14.4. The summed E-state index contributed by atoms with van der Waals surface area (Å²) in [6.07, 6.45) is 7.76. The van der Waals surface area contributed by atoms with E-state index in [0.717, 1.165) is 153 Å². The Hall–Kier alpha value is -13.1. The van der Waals surface area contributed by atoms with Crippen LogP contribution in [0.3, 0.4) is 0 Å². The highest BCUT2D eigenvalue weighted by Gasteiger charge is 2.24. The molecular weight excluding hydrogens is 1150 g/mol. The highest BCUT2D eigenvalue weighted by molar-refractivity contribution is 6.25. The Kier molecular flexibility index (Phi) is 11.1. The van der Waals surface area contributed by atoms with Gasteiger partial charge in [0.05, 0.1) is 33.1 Å². The lowest BCUT2D eigenvalue weighted by Crippen LogP contribution is -2.03. The second-order valence-electron chi connectivity index (χ2n) is 23.8. The number of fused-ring (bicyclic) bond motifs is 24. The van der Waals surface area contributed by atoms with E-state index in [1.807, 2.05) is 110 Å². The van der Waals surface area contributed by atoms with Crippen LogP contribution in [-0.2, 0) is 0 Å². The molecule has 436 valence electrons. The Morgan fingerprint density at radius 1 is 0.223 bits per heavy atom. The molecule has 0 aliphatic heterocycles. The quantitative estimate of drug-likeness (QED) is 0.155. The molecule has 0 saturated carbocycles. The fourth-order valence-electron chi connectivity index (χ4n) is 14.5. The van der Waals surface area contributed by atoms with Crippen LogP contribution in [0.4, 0.5) is 0 Å². The normalized spacial score (nSPS) is 12.0. The molecule has 0 radical (unpaired) electrons. The van der Waals surface area contributed by atoms with Crippen molar-refractivity contribution in [2.45, 2.75) is 0 Å². The van der Waals surface area contributed by atoms with Gasteiger partial charge in [0.2, 0.25) is 11.9 Å². The first-order chi connectivity index (χ1) is 46.6. The molecule has 0 spiro atoms. The van der Waals surface area contributed by atoms with Crippen LogP contribution in [0, 0.1) is 0 Å². The van der Waals surface area contributed by atoms with Crippen molar-refractivity contribution in [3.05, 3.63) is 286 Å². The van der Waals surface area contributed by atoms with Gasteiger partial charge in [0.25, 0.3) is 0 Å². The maximum Gasteiger partial charge on any atom is 0.235 e. The lowest BCUT2D eigenvalue weighted by Gasteiger charge is -2.12. The molecule has 0 aliphatic rings. The largest absolute Gasteiger partial charge is 0.456 e. The number of hydrogen-bond donors (Lipinski definition) is 0. The number of para-hydroxylation sites is 5. The molecule has 12 heteroatoms. The number of hydrogen-bond acceptors (Lipinski definition) is 9. The van der Waals surface area contributed by atoms with Crippen molar-refractivity contribution in [2.24, 2.45) is 0 Å². The molecule has 13 aromatic carbocycles. The van der Waals surface area contributed by atoms with Crippen molar-refractivity contribution in [3.63, 3.8) is 0 Å². The molecule has 0 atom stereocenters. The van der Waals surface area contributed by atoms with E-state index in [0.29, 0.717) is 23.5 Å². The number of nitrogens with zero attached hydrogens (tertiary/aromatic N) is 11. The summed E-state index contributed by atoms with van der Waals surface area (Å²) >= 11 is 0. The Morgan fingerprint density at radius 2 is 0.574 bits per heavy atom. The van der Waals surface area contributed by atoms with Gasteiger partial charge in [-0.3, -0.25) is 9.13 Å². The highest BCUT2D eigenvalue weighted by Crippen LogP contribution is 2.43. The smallest absolute Gasteiger partial charge is 0.235 e. The number of rotatable bonds is 5. The zero-order valence-corrected chi connectivity index (χ0v) is 50.0. The summed E-state index contributed by atoms with van der Waals surface area (Å²) in [6, 6.07) is 90.2. The van der Waals surface area contributed by atoms with Gasteiger partial charge in [-0.15, -0.1) is 0 Å². The van der Waals surface area contributed by atoms with Crippen molar-refractivity contribution in [3.8, 4) is 40.4 Å². The molecule has 21 rings (SSSR count). The summed E-state index contributed by atoms with van der Waals surface area (Å²) in [5.74, 6) is 2.51. The topological polar surface area (TPSA) is 131 Å². The lowest BCUT2D eigenvalue weighted by atomic mass is 10.0. The minimum absolute atomic E-state index is 0.579. The van der Waals surface area contributed by atoms with Crippen molar-refractivity contribution in [1.82, 2.24) is 53.6 Å². The van der Waals surface area contributed by atoms with Gasteiger partial charge >= 0.3 is 0 Å². The van der Waals surface area contributed by atoms with Crippen molar-refractivity contribution in [1.29, 1.82) is 0 Å². The summed E-state index contributed by atoms with van der Waals surface area (Å²) < 4.78 is 13.0. The average Bonchev–Trinajstić information content (AvgIpc) is 1.50. The van der Waals surface area contributed by atoms with Crippen LogP contribution in [0.2, 0.25) is 0 Å². The maximum atomic E-state index is 6.31. The predicted molar refractivity (Wildman–Crippen MR) is 381 cm³/mol. The summed E-state index contributed by atoms with van der Waals surface area (Å²) in [5, 5.41) is 17.4. The van der Waals surface area contributed by atoms with Gasteiger partial charge in [0, 0.05) is 112 Å². The van der Waals surface area contributed by atoms with E-state index in [1.165, 1.54) is 16.3 Å². The van der Waals surface area contributed by atoms with Gasteiger partial charge in [0.15, 0.2) is 11.6 Å². The number of aromatic nitrogens is 11. The molecule has 12 nitrogen and oxygen atoms in total. The van der Waals surface area contributed by atoms with E-state index in [4.69, 9.17) is 44.3 Å². The van der Waals surface area contributed by atoms with E-state index < -0.39 is 0 Å². The Labute approximate surface area is 533 Å². The average molecular weight is 1200 g/mol. The monoisotopic (exact) mass is 1200 g/mol. The molecule has 0 fully saturated rings. The second kappa shape index (κ2) is 20.2. The zero-order chi connectivity index (χ0) is 61.5. The predicted octanol–water partition coefficient (Wildman–Crippen LogP) is 20.0. The molecular formula is C82H47N11O. The Morgan fingerprint density at radius 3 is 1.05 bits per heavy atom. The van der Waals surface area contributed by atoms with Gasteiger partial charge < -0.3 is 8.98 Å². The van der Waals surface area contributed by atoms with Crippen LogP contribution in [0.15, 0.2) is 290 Å². The summed E-state index contributed by atoms with van der Waals surface area (Å²) in [4.78, 5) is 40.6. The Bertz CT molecular complexity index is 6740. The zero-order valence-electron chi connectivity index (χ0n) is 50.0. The second-order valence-corrected chi connectivity index (χ2v) is 23.8. The molecule has 0 saturated heterocycles. The van der Waals surface area contributed by atoms with Gasteiger partial charge in [-0.1, -0.05) is 200 Å².